The van der Waals surface area contributed by atoms with Crippen LogP contribution in [0.5, 0.6) is 5.75 Å². The van der Waals surface area contributed by atoms with E-state index in [1.165, 1.54) is 9.40 Å². The van der Waals surface area contributed by atoms with Gasteiger partial charge in [0.1, 0.15) is 5.75 Å². The molecule has 4 heteroatoms. The van der Waals surface area contributed by atoms with Crippen molar-refractivity contribution in [3.63, 3.8) is 0 Å². The van der Waals surface area contributed by atoms with E-state index in [0.717, 1.165) is 26.0 Å². The molecule has 3 rings (SSSR count). The van der Waals surface area contributed by atoms with Crippen LogP contribution in [0.15, 0.2) is 34.8 Å². The summed E-state index contributed by atoms with van der Waals surface area (Å²) in [5, 5.41) is 3.07. The predicted molar refractivity (Wildman–Crippen MR) is 78.6 cm³/mol. The van der Waals surface area contributed by atoms with E-state index in [-0.39, 0.29) is 0 Å². The second kappa shape index (κ2) is 4.16. The van der Waals surface area contributed by atoms with Crippen molar-refractivity contribution in [3.05, 3.63) is 39.8 Å². The Morgan fingerprint density at radius 2 is 2.00 bits per heavy atom. The molecule has 2 aromatic carbocycles. The van der Waals surface area contributed by atoms with Gasteiger partial charge in [-0.2, -0.15) is 0 Å². The molecule has 0 spiro atoms. The van der Waals surface area contributed by atoms with Crippen molar-refractivity contribution in [2.75, 3.05) is 7.11 Å². The van der Waals surface area contributed by atoms with E-state index in [1.807, 2.05) is 24.3 Å². The molecule has 0 aliphatic heterocycles. The minimum Gasteiger partial charge on any atom is -0.497 e. The summed E-state index contributed by atoms with van der Waals surface area (Å²) < 4.78 is 8.67. The van der Waals surface area contributed by atoms with Gasteiger partial charge in [0.05, 0.1) is 7.11 Å². The maximum Gasteiger partial charge on any atom is 0.121 e. The average Bonchev–Trinajstić information content (AvgIpc) is 2.68. The second-order valence-electron chi connectivity index (χ2n) is 3.70. The summed E-state index contributed by atoms with van der Waals surface area (Å²) in [7, 11) is 1.67. The maximum atomic E-state index is 6.28. The quantitative estimate of drug-likeness (QED) is 0.575. The lowest BCUT2D eigenvalue weighted by molar-refractivity contribution is 0.415. The number of methoxy groups -OCH3 is 1. The van der Waals surface area contributed by atoms with Crippen LogP contribution in [0.25, 0.3) is 20.2 Å². The van der Waals surface area contributed by atoms with Crippen LogP contribution in [-0.4, -0.2) is 7.11 Å². The molecule has 0 saturated heterocycles. The smallest absolute Gasteiger partial charge is 0.121 e. The molecule has 0 fully saturated rings. The number of thiophene rings is 1. The lowest BCUT2D eigenvalue weighted by Crippen LogP contribution is -1.81. The molecule has 0 unspecified atom stereocenters. The summed E-state index contributed by atoms with van der Waals surface area (Å²) in [6.07, 6.45) is 0. The highest BCUT2D eigenvalue weighted by Gasteiger charge is 2.12. The standard InChI is InChI=1S/C13H8BrClOS/c1-16-7-5-8(14)12-11(6-7)17-10-4-2-3-9(15)13(10)12/h2-6H,1H3. The van der Waals surface area contributed by atoms with Gasteiger partial charge in [-0.25, -0.2) is 0 Å². The molecule has 3 aromatic rings. The number of halogens is 2. The van der Waals surface area contributed by atoms with E-state index in [2.05, 4.69) is 22.0 Å². The Labute approximate surface area is 116 Å². The summed E-state index contributed by atoms with van der Waals surface area (Å²) >= 11 is 11.6. The molecule has 86 valence electrons. The first-order valence-corrected chi connectivity index (χ1v) is 7.03. The highest BCUT2D eigenvalue weighted by atomic mass is 79.9. The molecule has 0 bridgehead atoms. The van der Waals surface area contributed by atoms with Gasteiger partial charge in [0, 0.05) is 29.7 Å². The number of fused-ring (bicyclic) bond motifs is 3. The lowest BCUT2D eigenvalue weighted by atomic mass is 10.1. The predicted octanol–water partition coefficient (Wildman–Crippen LogP) is 5.48. The number of rotatable bonds is 1. The molecule has 0 atom stereocenters. The van der Waals surface area contributed by atoms with Crippen molar-refractivity contribution in [1.82, 2.24) is 0 Å². The normalized spacial score (nSPS) is 11.2. The topological polar surface area (TPSA) is 9.23 Å². The van der Waals surface area contributed by atoms with Crippen molar-refractivity contribution >= 4 is 59.0 Å². The Morgan fingerprint density at radius 1 is 1.18 bits per heavy atom. The fraction of sp³-hybridized carbons (Fsp3) is 0.0769. The van der Waals surface area contributed by atoms with Gasteiger partial charge in [0.25, 0.3) is 0 Å². The van der Waals surface area contributed by atoms with Crippen LogP contribution >= 0.6 is 38.9 Å². The van der Waals surface area contributed by atoms with Gasteiger partial charge >= 0.3 is 0 Å². The number of hydrogen-bond donors (Lipinski definition) is 0. The highest BCUT2D eigenvalue weighted by Crippen LogP contribution is 2.43. The molecule has 0 N–H and O–H groups in total. The van der Waals surface area contributed by atoms with E-state index in [9.17, 15) is 0 Å². The molecule has 0 aliphatic carbocycles. The number of benzene rings is 2. The minimum atomic E-state index is 0.791. The van der Waals surface area contributed by atoms with Gasteiger partial charge in [0.2, 0.25) is 0 Å². The summed E-state index contributed by atoms with van der Waals surface area (Å²) in [4.78, 5) is 0. The van der Waals surface area contributed by atoms with Gasteiger partial charge in [-0.15, -0.1) is 11.3 Å². The summed E-state index contributed by atoms with van der Waals surface area (Å²) in [5.74, 6) is 0.854. The Kier molecular flexibility index (Phi) is 2.77. The first kappa shape index (κ1) is 11.3. The van der Waals surface area contributed by atoms with Crippen LogP contribution in [-0.2, 0) is 0 Å². The minimum absolute atomic E-state index is 0.791. The molecule has 17 heavy (non-hydrogen) atoms. The average molecular weight is 328 g/mol. The van der Waals surface area contributed by atoms with Crippen LogP contribution in [0.3, 0.4) is 0 Å². The van der Waals surface area contributed by atoms with Gasteiger partial charge < -0.3 is 4.74 Å². The summed E-state index contributed by atoms with van der Waals surface area (Å²) in [6.45, 7) is 0. The van der Waals surface area contributed by atoms with E-state index in [1.54, 1.807) is 18.4 Å². The Hall–Kier alpha value is -0.770. The van der Waals surface area contributed by atoms with Gasteiger partial charge in [-0.05, 0) is 40.2 Å². The Morgan fingerprint density at radius 3 is 2.76 bits per heavy atom. The molecule has 0 saturated carbocycles. The van der Waals surface area contributed by atoms with Crippen LogP contribution in [0.2, 0.25) is 5.02 Å². The fourth-order valence-electron chi connectivity index (χ4n) is 1.95. The van der Waals surface area contributed by atoms with E-state index >= 15 is 0 Å². The Bertz CT molecular complexity index is 720. The largest absolute Gasteiger partial charge is 0.497 e. The number of ether oxygens (including phenoxy) is 1. The molecular formula is C13H8BrClOS. The summed E-state index contributed by atoms with van der Waals surface area (Å²) in [5.41, 5.74) is 0. The summed E-state index contributed by atoms with van der Waals surface area (Å²) in [6, 6.07) is 10.0. The van der Waals surface area contributed by atoms with E-state index in [4.69, 9.17) is 16.3 Å². The van der Waals surface area contributed by atoms with Crippen molar-refractivity contribution in [2.45, 2.75) is 0 Å². The first-order valence-electron chi connectivity index (χ1n) is 5.05. The van der Waals surface area contributed by atoms with Crippen molar-refractivity contribution in [1.29, 1.82) is 0 Å². The lowest BCUT2D eigenvalue weighted by Gasteiger charge is -2.02. The van der Waals surface area contributed by atoms with Crippen LogP contribution in [0.1, 0.15) is 0 Å². The molecular weight excluding hydrogens is 320 g/mol. The maximum absolute atomic E-state index is 6.28. The Balaban J connectivity index is 2.53. The third kappa shape index (κ3) is 1.73. The van der Waals surface area contributed by atoms with Crippen LogP contribution < -0.4 is 4.74 Å². The van der Waals surface area contributed by atoms with Crippen LogP contribution in [0.4, 0.5) is 0 Å². The first-order chi connectivity index (χ1) is 8.20. The van der Waals surface area contributed by atoms with Gasteiger partial charge in [-0.1, -0.05) is 17.7 Å². The second-order valence-corrected chi connectivity index (χ2v) is 6.04. The van der Waals surface area contributed by atoms with E-state index in [0.29, 0.717) is 0 Å². The van der Waals surface area contributed by atoms with Crippen molar-refractivity contribution in [2.24, 2.45) is 0 Å². The molecule has 1 nitrogen and oxygen atoms in total. The molecule has 1 heterocycles. The molecule has 0 aliphatic rings. The zero-order valence-electron chi connectivity index (χ0n) is 8.96. The third-order valence-electron chi connectivity index (χ3n) is 2.71. The van der Waals surface area contributed by atoms with Crippen molar-refractivity contribution < 1.29 is 4.74 Å². The highest BCUT2D eigenvalue weighted by molar-refractivity contribution is 9.10. The molecule has 0 radical (unpaired) electrons. The molecule has 1 aromatic heterocycles. The van der Waals surface area contributed by atoms with Gasteiger partial charge in [-0.3, -0.25) is 0 Å². The van der Waals surface area contributed by atoms with Crippen molar-refractivity contribution in [3.8, 4) is 5.75 Å². The zero-order chi connectivity index (χ0) is 12.0. The van der Waals surface area contributed by atoms with E-state index < -0.39 is 0 Å². The monoisotopic (exact) mass is 326 g/mol. The van der Waals surface area contributed by atoms with Gasteiger partial charge in [0.15, 0.2) is 0 Å². The SMILES string of the molecule is COc1cc(Br)c2c(c1)sc1cccc(Cl)c12. The third-order valence-corrected chi connectivity index (χ3v) is 4.75. The fourth-order valence-corrected chi connectivity index (χ4v) is 4.23. The van der Waals surface area contributed by atoms with Crippen LogP contribution in [0, 0.1) is 0 Å². The zero-order valence-corrected chi connectivity index (χ0v) is 12.1. The number of hydrogen-bond acceptors (Lipinski definition) is 2. The molecule has 0 amide bonds.